The lowest BCUT2D eigenvalue weighted by Crippen LogP contribution is -2.47. The molecule has 1 aliphatic heterocycles. The molecule has 4 heteroatoms. The highest BCUT2D eigenvalue weighted by atomic mass is 15.3. The van der Waals surface area contributed by atoms with Crippen LogP contribution in [0.2, 0.25) is 0 Å². The molecule has 0 bridgehead atoms. The fourth-order valence-electron chi connectivity index (χ4n) is 3.68. The highest BCUT2D eigenvalue weighted by molar-refractivity contribution is 5.29. The van der Waals surface area contributed by atoms with Gasteiger partial charge in [-0.1, -0.05) is 25.7 Å². The Hall–Kier alpha value is -1.16. The topological polar surface area (TPSA) is 41.1 Å². The number of hydrogen-bond acceptors (Lipinski definition) is 4. The molecule has 2 heterocycles. The highest BCUT2D eigenvalue weighted by Gasteiger charge is 2.22. The van der Waals surface area contributed by atoms with Gasteiger partial charge in [-0.05, 0) is 44.2 Å². The molecule has 0 amide bonds. The normalized spacial score (nSPS) is 24.8. The summed E-state index contributed by atoms with van der Waals surface area (Å²) in [6.07, 6.45) is 14.8. The summed E-state index contributed by atoms with van der Waals surface area (Å²) in [6, 6.07) is 2.49. The predicted octanol–water partition coefficient (Wildman–Crippen LogP) is 3.01. The largest absolute Gasteiger partial charge is 0.339 e. The SMILES string of the molecule is c1cnc(N2CCCC(NCC3CCCCCC3)C2)nc1. The van der Waals surface area contributed by atoms with Gasteiger partial charge in [-0.15, -0.1) is 0 Å². The molecule has 1 aromatic heterocycles. The van der Waals surface area contributed by atoms with E-state index < -0.39 is 0 Å². The number of rotatable bonds is 4. The van der Waals surface area contributed by atoms with E-state index in [0.717, 1.165) is 25.0 Å². The molecule has 0 radical (unpaired) electrons. The maximum Gasteiger partial charge on any atom is 0.225 e. The zero-order valence-electron chi connectivity index (χ0n) is 13.0. The van der Waals surface area contributed by atoms with Gasteiger partial charge in [0.25, 0.3) is 0 Å². The molecule has 2 aliphatic rings. The number of aromatic nitrogens is 2. The third-order valence-electron chi connectivity index (χ3n) is 4.93. The van der Waals surface area contributed by atoms with E-state index in [2.05, 4.69) is 20.2 Å². The van der Waals surface area contributed by atoms with E-state index in [-0.39, 0.29) is 0 Å². The zero-order valence-corrected chi connectivity index (χ0v) is 13.0. The minimum absolute atomic E-state index is 0.603. The van der Waals surface area contributed by atoms with Crippen LogP contribution in [-0.4, -0.2) is 35.6 Å². The summed E-state index contributed by atoms with van der Waals surface area (Å²) in [7, 11) is 0. The Balaban J connectivity index is 1.47. The maximum atomic E-state index is 4.39. The minimum Gasteiger partial charge on any atom is -0.339 e. The number of hydrogen-bond donors (Lipinski definition) is 1. The maximum absolute atomic E-state index is 4.39. The van der Waals surface area contributed by atoms with Gasteiger partial charge in [0.2, 0.25) is 5.95 Å². The smallest absolute Gasteiger partial charge is 0.225 e. The van der Waals surface area contributed by atoms with Crippen LogP contribution in [0.1, 0.15) is 51.4 Å². The average molecular weight is 288 g/mol. The third kappa shape index (κ3) is 4.40. The van der Waals surface area contributed by atoms with E-state index in [9.17, 15) is 0 Å². The molecule has 1 aliphatic carbocycles. The van der Waals surface area contributed by atoms with Crippen molar-refractivity contribution >= 4 is 5.95 Å². The molecule has 0 aromatic carbocycles. The van der Waals surface area contributed by atoms with Crippen LogP contribution in [0, 0.1) is 5.92 Å². The second kappa shape index (κ2) is 7.74. The van der Waals surface area contributed by atoms with Crippen molar-refractivity contribution in [3.8, 4) is 0 Å². The zero-order chi connectivity index (χ0) is 14.3. The Bertz CT molecular complexity index is 401. The van der Waals surface area contributed by atoms with Gasteiger partial charge in [0.15, 0.2) is 0 Å². The van der Waals surface area contributed by atoms with Crippen LogP contribution < -0.4 is 10.2 Å². The van der Waals surface area contributed by atoms with Crippen LogP contribution in [0.5, 0.6) is 0 Å². The van der Waals surface area contributed by atoms with Gasteiger partial charge >= 0.3 is 0 Å². The lowest BCUT2D eigenvalue weighted by molar-refractivity contribution is 0.359. The van der Waals surface area contributed by atoms with Crippen molar-refractivity contribution in [1.29, 1.82) is 0 Å². The van der Waals surface area contributed by atoms with Gasteiger partial charge in [-0.25, -0.2) is 9.97 Å². The van der Waals surface area contributed by atoms with Crippen LogP contribution in [-0.2, 0) is 0 Å². The Kier molecular flexibility index (Phi) is 5.44. The van der Waals surface area contributed by atoms with Gasteiger partial charge in [0.05, 0.1) is 0 Å². The van der Waals surface area contributed by atoms with Crippen LogP contribution in [0.25, 0.3) is 0 Å². The summed E-state index contributed by atoms with van der Waals surface area (Å²) >= 11 is 0. The Morgan fingerprint density at radius 3 is 2.52 bits per heavy atom. The van der Waals surface area contributed by atoms with Gasteiger partial charge in [0, 0.05) is 31.5 Å². The molecular formula is C17H28N4. The summed E-state index contributed by atoms with van der Waals surface area (Å²) in [5.74, 6) is 1.79. The van der Waals surface area contributed by atoms with Gasteiger partial charge < -0.3 is 10.2 Å². The molecule has 1 N–H and O–H groups in total. The molecular weight excluding hydrogens is 260 g/mol. The second-order valence-corrected chi connectivity index (χ2v) is 6.60. The standard InChI is InChI=1S/C17H28N4/c1-2-4-8-15(7-3-1)13-20-16-9-5-12-21(14-16)17-18-10-6-11-19-17/h6,10-11,15-16,20H,1-5,7-9,12-14H2. The van der Waals surface area contributed by atoms with E-state index in [1.54, 1.807) is 0 Å². The molecule has 21 heavy (non-hydrogen) atoms. The van der Waals surface area contributed by atoms with E-state index in [0.29, 0.717) is 6.04 Å². The molecule has 1 saturated heterocycles. The van der Waals surface area contributed by atoms with Crippen LogP contribution in [0.3, 0.4) is 0 Å². The first-order valence-electron chi connectivity index (χ1n) is 8.67. The third-order valence-corrected chi connectivity index (χ3v) is 4.93. The quantitative estimate of drug-likeness (QED) is 0.865. The Morgan fingerprint density at radius 1 is 1.00 bits per heavy atom. The molecule has 116 valence electrons. The number of anilines is 1. The Morgan fingerprint density at radius 2 is 1.76 bits per heavy atom. The second-order valence-electron chi connectivity index (χ2n) is 6.60. The molecule has 1 saturated carbocycles. The van der Waals surface area contributed by atoms with Gasteiger partial charge in [0.1, 0.15) is 0 Å². The monoisotopic (exact) mass is 288 g/mol. The van der Waals surface area contributed by atoms with E-state index in [1.165, 1.54) is 57.9 Å². The first kappa shape index (κ1) is 14.8. The van der Waals surface area contributed by atoms with Crippen LogP contribution in [0.15, 0.2) is 18.5 Å². The fraction of sp³-hybridized carbons (Fsp3) is 0.765. The first-order chi connectivity index (χ1) is 10.4. The van der Waals surface area contributed by atoms with E-state index in [1.807, 2.05) is 18.5 Å². The molecule has 1 aromatic rings. The average Bonchev–Trinajstić information content (AvgIpc) is 2.83. The molecule has 1 unspecified atom stereocenters. The summed E-state index contributed by atoms with van der Waals surface area (Å²) < 4.78 is 0. The van der Waals surface area contributed by atoms with Crippen molar-refractivity contribution in [1.82, 2.24) is 15.3 Å². The van der Waals surface area contributed by atoms with E-state index in [4.69, 9.17) is 0 Å². The van der Waals surface area contributed by atoms with Crippen molar-refractivity contribution < 1.29 is 0 Å². The summed E-state index contributed by atoms with van der Waals surface area (Å²) in [5, 5.41) is 3.82. The van der Waals surface area contributed by atoms with Gasteiger partial charge in [-0.2, -0.15) is 0 Å². The van der Waals surface area contributed by atoms with Crippen molar-refractivity contribution in [2.24, 2.45) is 5.92 Å². The molecule has 3 rings (SSSR count). The first-order valence-corrected chi connectivity index (χ1v) is 8.67. The van der Waals surface area contributed by atoms with Crippen LogP contribution >= 0.6 is 0 Å². The Labute approximate surface area is 128 Å². The van der Waals surface area contributed by atoms with Crippen molar-refractivity contribution in [3.63, 3.8) is 0 Å². The van der Waals surface area contributed by atoms with Crippen molar-refractivity contribution in [2.45, 2.75) is 57.4 Å². The minimum atomic E-state index is 0.603. The number of nitrogens with zero attached hydrogens (tertiary/aromatic N) is 3. The molecule has 4 nitrogen and oxygen atoms in total. The van der Waals surface area contributed by atoms with E-state index >= 15 is 0 Å². The van der Waals surface area contributed by atoms with Crippen molar-refractivity contribution in [3.05, 3.63) is 18.5 Å². The molecule has 2 fully saturated rings. The van der Waals surface area contributed by atoms with Gasteiger partial charge in [-0.3, -0.25) is 0 Å². The molecule has 1 atom stereocenters. The number of piperidine rings is 1. The summed E-state index contributed by atoms with van der Waals surface area (Å²) in [6.45, 7) is 3.34. The molecule has 0 spiro atoms. The highest BCUT2D eigenvalue weighted by Crippen LogP contribution is 2.23. The van der Waals surface area contributed by atoms with Crippen LogP contribution in [0.4, 0.5) is 5.95 Å². The predicted molar refractivity (Wildman–Crippen MR) is 86.5 cm³/mol. The fourth-order valence-corrected chi connectivity index (χ4v) is 3.68. The lowest BCUT2D eigenvalue weighted by Gasteiger charge is -2.34. The summed E-state index contributed by atoms with van der Waals surface area (Å²) in [5.41, 5.74) is 0. The lowest BCUT2D eigenvalue weighted by atomic mass is 9.99. The summed E-state index contributed by atoms with van der Waals surface area (Å²) in [4.78, 5) is 11.1. The number of nitrogens with one attached hydrogen (secondary N) is 1. The van der Waals surface area contributed by atoms with Crippen molar-refractivity contribution in [2.75, 3.05) is 24.5 Å².